The monoisotopic (exact) mass is 241 g/mol. The summed E-state index contributed by atoms with van der Waals surface area (Å²) in [6.07, 6.45) is 1.17. The molecule has 68 valence electrons. The van der Waals surface area contributed by atoms with Gasteiger partial charge in [-0.1, -0.05) is 6.58 Å². The SMILES string of the molecule is C=CC(=O)Nc1ccc(Br)c(O)c1. The minimum absolute atomic E-state index is 0.0851. The molecule has 4 heteroatoms. The summed E-state index contributed by atoms with van der Waals surface area (Å²) in [6.45, 7) is 3.31. The lowest BCUT2D eigenvalue weighted by Crippen LogP contribution is -2.06. The van der Waals surface area contributed by atoms with Gasteiger partial charge in [-0.3, -0.25) is 4.79 Å². The van der Waals surface area contributed by atoms with E-state index in [4.69, 9.17) is 0 Å². The van der Waals surface area contributed by atoms with Crippen LogP contribution in [0, 0.1) is 0 Å². The van der Waals surface area contributed by atoms with E-state index in [1.54, 1.807) is 12.1 Å². The van der Waals surface area contributed by atoms with Crippen LogP contribution in [0.2, 0.25) is 0 Å². The van der Waals surface area contributed by atoms with E-state index >= 15 is 0 Å². The van der Waals surface area contributed by atoms with Crippen LogP contribution in [0.3, 0.4) is 0 Å². The molecule has 0 saturated heterocycles. The highest BCUT2D eigenvalue weighted by atomic mass is 79.9. The number of benzene rings is 1. The van der Waals surface area contributed by atoms with Crippen molar-refractivity contribution in [1.82, 2.24) is 0 Å². The molecular formula is C9H8BrNO2. The summed E-state index contributed by atoms with van der Waals surface area (Å²) in [5, 5.41) is 11.8. The molecule has 0 saturated carbocycles. The number of aromatic hydroxyl groups is 1. The van der Waals surface area contributed by atoms with E-state index in [2.05, 4.69) is 27.8 Å². The number of hydrogen-bond donors (Lipinski definition) is 2. The Kier molecular flexibility index (Phi) is 3.08. The van der Waals surface area contributed by atoms with Gasteiger partial charge in [0.25, 0.3) is 0 Å². The number of phenolic OH excluding ortho intramolecular Hbond substituents is 1. The quantitative estimate of drug-likeness (QED) is 0.781. The molecule has 3 nitrogen and oxygen atoms in total. The predicted octanol–water partition coefficient (Wildman–Crippen LogP) is 2.28. The van der Waals surface area contributed by atoms with Gasteiger partial charge in [-0.2, -0.15) is 0 Å². The van der Waals surface area contributed by atoms with Gasteiger partial charge in [0.05, 0.1) is 4.47 Å². The summed E-state index contributed by atoms with van der Waals surface area (Å²) in [6, 6.07) is 4.77. The zero-order chi connectivity index (χ0) is 9.84. The molecule has 0 aliphatic heterocycles. The van der Waals surface area contributed by atoms with Gasteiger partial charge in [0.1, 0.15) is 5.75 Å². The molecule has 0 aliphatic carbocycles. The van der Waals surface area contributed by atoms with Crippen molar-refractivity contribution in [3.63, 3.8) is 0 Å². The van der Waals surface area contributed by atoms with Gasteiger partial charge >= 0.3 is 0 Å². The van der Waals surface area contributed by atoms with E-state index in [-0.39, 0.29) is 11.7 Å². The number of anilines is 1. The second-order valence-corrected chi connectivity index (χ2v) is 3.21. The number of carbonyl (C=O) groups is 1. The second kappa shape index (κ2) is 4.09. The largest absolute Gasteiger partial charge is 0.507 e. The Morgan fingerprint density at radius 3 is 2.85 bits per heavy atom. The lowest BCUT2D eigenvalue weighted by atomic mass is 10.3. The third kappa shape index (κ3) is 2.59. The maximum absolute atomic E-state index is 10.9. The predicted molar refractivity (Wildman–Crippen MR) is 54.6 cm³/mol. The van der Waals surface area contributed by atoms with Crippen LogP contribution in [0.1, 0.15) is 0 Å². The zero-order valence-corrected chi connectivity index (χ0v) is 8.34. The number of carbonyl (C=O) groups excluding carboxylic acids is 1. The van der Waals surface area contributed by atoms with E-state index in [0.717, 1.165) is 0 Å². The van der Waals surface area contributed by atoms with Crippen molar-refractivity contribution in [1.29, 1.82) is 0 Å². The zero-order valence-electron chi connectivity index (χ0n) is 6.75. The van der Waals surface area contributed by atoms with Gasteiger partial charge < -0.3 is 10.4 Å². The molecule has 0 fully saturated rings. The average molecular weight is 242 g/mol. The van der Waals surface area contributed by atoms with Crippen molar-refractivity contribution in [2.45, 2.75) is 0 Å². The molecule has 1 amide bonds. The smallest absolute Gasteiger partial charge is 0.247 e. The van der Waals surface area contributed by atoms with Crippen LogP contribution in [-0.4, -0.2) is 11.0 Å². The number of rotatable bonds is 2. The topological polar surface area (TPSA) is 49.3 Å². The first-order valence-corrected chi connectivity index (χ1v) is 4.34. The van der Waals surface area contributed by atoms with Gasteiger partial charge in [0.2, 0.25) is 5.91 Å². The van der Waals surface area contributed by atoms with Crippen molar-refractivity contribution in [3.05, 3.63) is 35.3 Å². The lowest BCUT2D eigenvalue weighted by Gasteiger charge is -2.03. The first-order chi connectivity index (χ1) is 6.13. The molecule has 0 heterocycles. The van der Waals surface area contributed by atoms with Crippen LogP contribution in [0.4, 0.5) is 5.69 Å². The van der Waals surface area contributed by atoms with E-state index in [9.17, 15) is 9.90 Å². The standard InChI is InChI=1S/C9H8BrNO2/c1-2-9(13)11-6-3-4-7(10)8(12)5-6/h2-5,12H,1H2,(H,11,13). The molecule has 0 spiro atoms. The fourth-order valence-electron chi connectivity index (χ4n) is 0.784. The molecule has 0 aromatic heterocycles. The Labute approximate surface area is 84.2 Å². The second-order valence-electron chi connectivity index (χ2n) is 2.36. The number of nitrogens with one attached hydrogen (secondary N) is 1. The van der Waals surface area contributed by atoms with E-state index in [1.165, 1.54) is 12.1 Å². The highest BCUT2D eigenvalue weighted by molar-refractivity contribution is 9.10. The lowest BCUT2D eigenvalue weighted by molar-refractivity contribution is -0.111. The third-order valence-corrected chi connectivity index (χ3v) is 2.07. The Hall–Kier alpha value is -1.29. The van der Waals surface area contributed by atoms with E-state index in [0.29, 0.717) is 10.2 Å². The fraction of sp³-hybridized carbons (Fsp3) is 0. The van der Waals surface area contributed by atoms with Gasteiger partial charge in [-0.15, -0.1) is 0 Å². The highest BCUT2D eigenvalue weighted by Gasteiger charge is 2.00. The summed E-state index contributed by atoms with van der Waals surface area (Å²) >= 11 is 3.13. The van der Waals surface area contributed by atoms with Crippen LogP contribution in [0.15, 0.2) is 35.3 Å². The maximum atomic E-state index is 10.9. The Morgan fingerprint density at radius 1 is 1.62 bits per heavy atom. The molecule has 0 radical (unpaired) electrons. The first-order valence-electron chi connectivity index (χ1n) is 3.55. The molecular weight excluding hydrogens is 234 g/mol. The molecule has 1 aromatic carbocycles. The van der Waals surface area contributed by atoms with Crippen molar-refractivity contribution in [2.24, 2.45) is 0 Å². The maximum Gasteiger partial charge on any atom is 0.247 e. The van der Waals surface area contributed by atoms with E-state index in [1.807, 2.05) is 0 Å². The number of amides is 1. The molecule has 0 unspecified atom stereocenters. The van der Waals surface area contributed by atoms with Crippen molar-refractivity contribution < 1.29 is 9.90 Å². The van der Waals surface area contributed by atoms with Crippen LogP contribution in [0.25, 0.3) is 0 Å². The van der Waals surface area contributed by atoms with Crippen LogP contribution >= 0.6 is 15.9 Å². The third-order valence-electron chi connectivity index (χ3n) is 1.40. The van der Waals surface area contributed by atoms with Crippen molar-refractivity contribution >= 4 is 27.5 Å². The number of halogens is 1. The summed E-state index contributed by atoms with van der Waals surface area (Å²) < 4.78 is 0.587. The Morgan fingerprint density at radius 2 is 2.31 bits per heavy atom. The first kappa shape index (κ1) is 9.80. The molecule has 13 heavy (non-hydrogen) atoms. The van der Waals surface area contributed by atoms with Crippen molar-refractivity contribution in [2.75, 3.05) is 5.32 Å². The normalized spacial score (nSPS) is 9.31. The van der Waals surface area contributed by atoms with Gasteiger partial charge in [0.15, 0.2) is 0 Å². The van der Waals surface area contributed by atoms with E-state index < -0.39 is 0 Å². The highest BCUT2D eigenvalue weighted by Crippen LogP contribution is 2.26. The molecule has 0 atom stereocenters. The summed E-state index contributed by atoms with van der Waals surface area (Å²) in [4.78, 5) is 10.9. The van der Waals surface area contributed by atoms with Crippen LogP contribution in [-0.2, 0) is 4.79 Å². The Balaban J connectivity index is 2.85. The Bertz CT molecular complexity index is 349. The minimum Gasteiger partial charge on any atom is -0.507 e. The molecule has 0 bridgehead atoms. The van der Waals surface area contributed by atoms with Gasteiger partial charge in [-0.25, -0.2) is 0 Å². The fourth-order valence-corrected chi connectivity index (χ4v) is 1.03. The summed E-state index contributed by atoms with van der Waals surface area (Å²) in [7, 11) is 0. The number of hydrogen-bond acceptors (Lipinski definition) is 2. The van der Waals surface area contributed by atoms with Crippen LogP contribution < -0.4 is 5.32 Å². The average Bonchev–Trinajstić information content (AvgIpc) is 2.11. The summed E-state index contributed by atoms with van der Waals surface area (Å²) in [5.41, 5.74) is 0.533. The number of phenols is 1. The van der Waals surface area contributed by atoms with Gasteiger partial charge in [-0.05, 0) is 34.1 Å². The summed E-state index contributed by atoms with van der Waals surface area (Å²) in [5.74, 6) is -0.219. The molecule has 0 aliphatic rings. The molecule has 1 aromatic rings. The van der Waals surface area contributed by atoms with Crippen LogP contribution in [0.5, 0.6) is 5.75 Å². The minimum atomic E-state index is -0.304. The molecule has 2 N–H and O–H groups in total. The van der Waals surface area contributed by atoms with Gasteiger partial charge in [0, 0.05) is 11.8 Å². The molecule has 1 rings (SSSR count). The van der Waals surface area contributed by atoms with Crippen molar-refractivity contribution in [3.8, 4) is 5.75 Å².